The molecule has 0 spiro atoms. The Morgan fingerprint density at radius 1 is 1.53 bits per heavy atom. The van der Waals surface area contributed by atoms with Crippen LogP contribution in [0, 0.1) is 0 Å². The molecule has 0 aliphatic carbocycles. The lowest BCUT2D eigenvalue weighted by atomic mass is 10.0. The predicted octanol–water partition coefficient (Wildman–Crippen LogP) is 1.54. The first kappa shape index (κ1) is 11.1. The van der Waals surface area contributed by atoms with Gasteiger partial charge >= 0.3 is 0 Å². The number of sulfone groups is 1. The summed E-state index contributed by atoms with van der Waals surface area (Å²) in [4.78, 5) is 0.492. The lowest BCUT2D eigenvalue weighted by Gasteiger charge is -2.08. The van der Waals surface area contributed by atoms with Crippen LogP contribution in [0.3, 0.4) is 0 Å². The maximum Gasteiger partial charge on any atom is 0.179 e. The summed E-state index contributed by atoms with van der Waals surface area (Å²) >= 11 is 3.37. The Morgan fingerprint density at radius 2 is 2.27 bits per heavy atom. The zero-order valence-corrected chi connectivity index (χ0v) is 10.7. The molecule has 0 bridgehead atoms. The number of hydrogen-bond donors (Lipinski definition) is 1. The Bertz CT molecular complexity index is 484. The largest absolute Gasteiger partial charge is 0.319 e. The van der Waals surface area contributed by atoms with Gasteiger partial charge in [0.2, 0.25) is 0 Å². The molecule has 1 heterocycles. The molecule has 1 aliphatic rings. The Kier molecular flexibility index (Phi) is 2.87. The van der Waals surface area contributed by atoms with Crippen molar-refractivity contribution in [2.75, 3.05) is 19.3 Å². The van der Waals surface area contributed by atoms with Gasteiger partial charge in [0.15, 0.2) is 9.84 Å². The number of benzene rings is 1. The highest BCUT2D eigenvalue weighted by molar-refractivity contribution is 9.10. The fourth-order valence-electron chi connectivity index (χ4n) is 1.98. The van der Waals surface area contributed by atoms with E-state index < -0.39 is 9.84 Å². The van der Waals surface area contributed by atoms with Gasteiger partial charge in [-0.1, -0.05) is 15.9 Å². The van der Waals surface area contributed by atoms with Crippen molar-refractivity contribution in [2.45, 2.75) is 10.8 Å². The fraction of sp³-hybridized carbons (Fsp3) is 0.400. The molecule has 82 valence electrons. The average Bonchev–Trinajstić information content (AvgIpc) is 2.39. The van der Waals surface area contributed by atoms with Crippen molar-refractivity contribution in [3.63, 3.8) is 0 Å². The van der Waals surface area contributed by atoms with E-state index in [9.17, 15) is 8.42 Å². The molecule has 1 aromatic carbocycles. The van der Waals surface area contributed by atoms with Gasteiger partial charge in [-0.05, 0) is 30.8 Å². The van der Waals surface area contributed by atoms with Gasteiger partial charge in [0.1, 0.15) is 0 Å². The second-order valence-corrected chi connectivity index (χ2v) is 6.64. The van der Waals surface area contributed by atoms with Crippen LogP contribution in [-0.2, 0) is 9.84 Å². The summed E-state index contributed by atoms with van der Waals surface area (Å²) in [6.07, 6.45) is 0. The Morgan fingerprint density at radius 3 is 2.93 bits per heavy atom. The summed E-state index contributed by atoms with van der Waals surface area (Å²) < 4.78 is 24.5. The first-order valence-electron chi connectivity index (χ1n) is 4.71. The molecule has 3 nitrogen and oxygen atoms in total. The monoisotopic (exact) mass is 289 g/mol. The summed E-state index contributed by atoms with van der Waals surface area (Å²) in [5.41, 5.74) is 0.929. The van der Waals surface area contributed by atoms with E-state index >= 15 is 0 Å². The summed E-state index contributed by atoms with van der Waals surface area (Å²) in [6, 6.07) is 5.37. The van der Waals surface area contributed by atoms with E-state index in [0.29, 0.717) is 11.4 Å². The molecule has 0 saturated heterocycles. The highest BCUT2D eigenvalue weighted by atomic mass is 79.9. The summed E-state index contributed by atoms with van der Waals surface area (Å²) in [5, 5.41) is 3.03. The van der Waals surface area contributed by atoms with Crippen molar-refractivity contribution in [2.24, 2.45) is 0 Å². The standard InChI is InChI=1S/C10H12BrNO2S/c1-12-5-7-6-15(13,14)10-3-2-8(11)4-9(7)10/h2-4,7,12H,5-6H2,1H3. The Hall–Kier alpha value is -0.390. The van der Waals surface area contributed by atoms with Crippen molar-refractivity contribution in [1.82, 2.24) is 5.32 Å². The van der Waals surface area contributed by atoms with Gasteiger partial charge in [0.05, 0.1) is 10.6 Å². The molecular weight excluding hydrogens is 278 g/mol. The van der Waals surface area contributed by atoms with Gasteiger partial charge in [0, 0.05) is 16.9 Å². The number of likely N-dealkylation sites (N-methyl/N-ethyl adjacent to an activating group) is 1. The van der Waals surface area contributed by atoms with Gasteiger partial charge in [-0.2, -0.15) is 0 Å². The average molecular weight is 290 g/mol. The van der Waals surface area contributed by atoms with Crippen molar-refractivity contribution in [3.05, 3.63) is 28.2 Å². The van der Waals surface area contributed by atoms with Crippen molar-refractivity contribution in [1.29, 1.82) is 0 Å². The minimum absolute atomic E-state index is 0.0764. The minimum atomic E-state index is -3.05. The van der Waals surface area contributed by atoms with E-state index in [0.717, 1.165) is 10.0 Å². The molecule has 15 heavy (non-hydrogen) atoms. The molecule has 0 saturated carbocycles. The number of fused-ring (bicyclic) bond motifs is 1. The lowest BCUT2D eigenvalue weighted by Crippen LogP contribution is -2.18. The second kappa shape index (κ2) is 3.88. The normalized spacial score (nSPS) is 22.7. The van der Waals surface area contributed by atoms with Gasteiger partial charge in [0.25, 0.3) is 0 Å². The fourth-order valence-corrected chi connectivity index (χ4v) is 4.23. The molecule has 1 N–H and O–H groups in total. The smallest absolute Gasteiger partial charge is 0.179 e. The Balaban J connectivity index is 2.53. The molecule has 0 amide bonds. The zero-order chi connectivity index (χ0) is 11.1. The van der Waals surface area contributed by atoms with E-state index in [1.54, 1.807) is 12.1 Å². The van der Waals surface area contributed by atoms with E-state index in [2.05, 4.69) is 21.2 Å². The predicted molar refractivity (Wildman–Crippen MR) is 62.9 cm³/mol. The number of hydrogen-bond acceptors (Lipinski definition) is 3. The number of halogens is 1. The van der Waals surface area contributed by atoms with E-state index in [1.807, 2.05) is 13.1 Å². The molecular formula is C10H12BrNO2S. The van der Waals surface area contributed by atoms with Crippen LogP contribution in [0.1, 0.15) is 11.5 Å². The topological polar surface area (TPSA) is 46.2 Å². The van der Waals surface area contributed by atoms with Crippen LogP contribution in [0.15, 0.2) is 27.6 Å². The van der Waals surface area contributed by atoms with Crippen molar-refractivity contribution >= 4 is 25.8 Å². The summed E-state index contributed by atoms with van der Waals surface area (Å²) in [7, 11) is -1.22. The van der Waals surface area contributed by atoms with Crippen molar-refractivity contribution in [3.8, 4) is 0 Å². The lowest BCUT2D eigenvalue weighted by molar-refractivity contribution is 0.595. The third-order valence-corrected chi connectivity index (χ3v) is 4.99. The molecule has 0 radical (unpaired) electrons. The molecule has 0 fully saturated rings. The first-order chi connectivity index (χ1) is 7.04. The van der Waals surface area contributed by atoms with Crippen LogP contribution in [0.25, 0.3) is 0 Å². The van der Waals surface area contributed by atoms with Crippen LogP contribution in [0.4, 0.5) is 0 Å². The molecule has 1 unspecified atom stereocenters. The Labute approximate surface area is 97.9 Å². The highest BCUT2D eigenvalue weighted by Gasteiger charge is 2.34. The SMILES string of the molecule is CNCC1CS(=O)(=O)c2ccc(Br)cc21. The molecule has 0 aromatic heterocycles. The van der Waals surface area contributed by atoms with Gasteiger partial charge in [-0.25, -0.2) is 8.42 Å². The maximum absolute atomic E-state index is 11.8. The second-order valence-electron chi connectivity index (χ2n) is 3.72. The molecule has 1 aliphatic heterocycles. The van der Waals surface area contributed by atoms with Gasteiger partial charge in [-0.3, -0.25) is 0 Å². The summed E-state index contributed by atoms with van der Waals surface area (Å²) in [5.74, 6) is 0.298. The van der Waals surface area contributed by atoms with Crippen molar-refractivity contribution < 1.29 is 8.42 Å². The third-order valence-electron chi connectivity index (χ3n) is 2.62. The molecule has 1 aromatic rings. The van der Waals surface area contributed by atoms with E-state index in [1.165, 1.54) is 0 Å². The quantitative estimate of drug-likeness (QED) is 0.898. The van der Waals surface area contributed by atoms with Crippen LogP contribution in [0.5, 0.6) is 0 Å². The molecule has 5 heteroatoms. The van der Waals surface area contributed by atoms with Crippen LogP contribution < -0.4 is 5.32 Å². The highest BCUT2D eigenvalue weighted by Crippen LogP contribution is 2.36. The van der Waals surface area contributed by atoms with Crippen LogP contribution in [0.2, 0.25) is 0 Å². The summed E-state index contributed by atoms with van der Waals surface area (Å²) in [6.45, 7) is 0.697. The minimum Gasteiger partial charge on any atom is -0.319 e. The van der Waals surface area contributed by atoms with E-state index in [4.69, 9.17) is 0 Å². The maximum atomic E-state index is 11.8. The molecule has 2 rings (SSSR count). The number of rotatable bonds is 2. The van der Waals surface area contributed by atoms with Crippen LogP contribution >= 0.6 is 15.9 Å². The zero-order valence-electron chi connectivity index (χ0n) is 8.33. The van der Waals surface area contributed by atoms with E-state index in [-0.39, 0.29) is 11.7 Å². The first-order valence-corrected chi connectivity index (χ1v) is 7.16. The van der Waals surface area contributed by atoms with Crippen LogP contribution in [-0.4, -0.2) is 27.8 Å². The third kappa shape index (κ3) is 1.96. The molecule has 1 atom stereocenters. The van der Waals surface area contributed by atoms with Gasteiger partial charge < -0.3 is 5.32 Å². The van der Waals surface area contributed by atoms with Gasteiger partial charge in [-0.15, -0.1) is 0 Å². The number of nitrogens with one attached hydrogen (secondary N) is 1.